The number of anilines is 1. The second-order valence-corrected chi connectivity index (χ2v) is 9.51. The fraction of sp³-hybridized carbons (Fsp3) is 0.346. The monoisotopic (exact) mass is 520 g/mol. The maximum atomic E-state index is 13.9. The van der Waals surface area contributed by atoms with Crippen LogP contribution in [0.3, 0.4) is 0 Å². The fourth-order valence-electron chi connectivity index (χ4n) is 4.59. The molecule has 38 heavy (non-hydrogen) atoms. The number of primary amides is 1. The summed E-state index contributed by atoms with van der Waals surface area (Å²) in [5.41, 5.74) is 6.60. The van der Waals surface area contributed by atoms with Crippen LogP contribution in [0.2, 0.25) is 0 Å². The van der Waals surface area contributed by atoms with Gasteiger partial charge < -0.3 is 25.6 Å². The number of hydrogen-bond acceptors (Lipinski definition) is 9. The zero-order valence-corrected chi connectivity index (χ0v) is 21.3. The van der Waals surface area contributed by atoms with Crippen LogP contribution in [0.25, 0.3) is 10.9 Å². The third kappa shape index (κ3) is 5.93. The third-order valence-electron chi connectivity index (χ3n) is 6.64. The van der Waals surface area contributed by atoms with Crippen molar-refractivity contribution in [3.63, 3.8) is 0 Å². The minimum absolute atomic E-state index is 0.210. The van der Waals surface area contributed by atoms with Crippen molar-refractivity contribution in [2.75, 3.05) is 58.2 Å². The molecule has 2 aliphatic rings. The van der Waals surface area contributed by atoms with E-state index in [0.29, 0.717) is 29.4 Å². The summed E-state index contributed by atoms with van der Waals surface area (Å²) < 4.78 is 19.5. The summed E-state index contributed by atoms with van der Waals surface area (Å²) >= 11 is 0. The smallest absolute Gasteiger partial charge is 0.276 e. The molecule has 0 aliphatic carbocycles. The Kier molecular flexibility index (Phi) is 7.54. The van der Waals surface area contributed by atoms with E-state index in [1.165, 1.54) is 18.5 Å². The first-order chi connectivity index (χ1) is 18.4. The largest absolute Gasteiger partial charge is 0.493 e. The van der Waals surface area contributed by atoms with Crippen LogP contribution in [0, 0.1) is 5.82 Å². The number of amides is 1. The maximum Gasteiger partial charge on any atom is 0.276 e. The van der Waals surface area contributed by atoms with E-state index in [2.05, 4.69) is 42.5 Å². The summed E-state index contributed by atoms with van der Waals surface area (Å²) in [7, 11) is 2.16. The summed E-state index contributed by atoms with van der Waals surface area (Å²) in [4.78, 5) is 25.4. The molecule has 0 spiro atoms. The molecule has 0 bridgehead atoms. The van der Waals surface area contributed by atoms with Gasteiger partial charge in [-0.3, -0.25) is 4.79 Å². The number of quaternary nitrogens is 1. The molecule has 1 saturated heterocycles. The van der Waals surface area contributed by atoms with Crippen molar-refractivity contribution >= 4 is 28.3 Å². The predicted octanol–water partition coefficient (Wildman–Crippen LogP) is 2.87. The van der Waals surface area contributed by atoms with Gasteiger partial charge in [-0.15, -0.1) is 4.59 Å². The molecule has 0 radical (unpaired) electrons. The normalized spacial score (nSPS) is 20.0. The second kappa shape index (κ2) is 11.2. The zero-order valence-electron chi connectivity index (χ0n) is 21.3. The van der Waals surface area contributed by atoms with E-state index in [9.17, 15) is 9.18 Å². The van der Waals surface area contributed by atoms with Gasteiger partial charge in [0.15, 0.2) is 18.4 Å². The van der Waals surface area contributed by atoms with Crippen molar-refractivity contribution in [1.29, 1.82) is 0 Å². The number of carbonyl (C=O) groups excluding carboxylic acids is 1. The van der Waals surface area contributed by atoms with E-state index in [1.54, 1.807) is 18.3 Å². The van der Waals surface area contributed by atoms with Gasteiger partial charge >= 0.3 is 0 Å². The number of nitrogens with one attached hydrogen (secondary N) is 1. The van der Waals surface area contributed by atoms with E-state index < -0.39 is 11.7 Å². The molecule has 1 fully saturated rings. The molecule has 11 nitrogen and oxygen atoms in total. The van der Waals surface area contributed by atoms with Crippen LogP contribution in [0.4, 0.5) is 15.9 Å². The first-order valence-corrected chi connectivity index (χ1v) is 12.5. The first-order valence-electron chi connectivity index (χ1n) is 12.5. The Bertz CT molecular complexity index is 1370. The number of carbonyl (C=O) groups is 1. The van der Waals surface area contributed by atoms with E-state index >= 15 is 0 Å². The highest BCUT2D eigenvalue weighted by Crippen LogP contribution is 2.32. The molecule has 1 amide bonds. The van der Waals surface area contributed by atoms with Crippen molar-refractivity contribution in [3.05, 3.63) is 66.6 Å². The van der Waals surface area contributed by atoms with Crippen molar-refractivity contribution in [2.45, 2.75) is 6.42 Å². The van der Waals surface area contributed by atoms with Gasteiger partial charge in [-0.2, -0.15) is 0 Å². The summed E-state index contributed by atoms with van der Waals surface area (Å²) in [5.74, 6) is 0.548. The van der Waals surface area contributed by atoms with Crippen molar-refractivity contribution in [2.24, 2.45) is 16.1 Å². The third-order valence-corrected chi connectivity index (χ3v) is 6.64. The van der Waals surface area contributed by atoms with E-state index in [4.69, 9.17) is 10.5 Å². The van der Waals surface area contributed by atoms with Gasteiger partial charge in [-0.05, 0) is 31.7 Å². The zero-order chi connectivity index (χ0) is 26.5. The molecule has 5 rings (SSSR count). The van der Waals surface area contributed by atoms with E-state index in [0.717, 1.165) is 50.3 Å². The van der Waals surface area contributed by atoms with Gasteiger partial charge in [-0.1, -0.05) is 11.2 Å². The number of nitrogens with zero attached hydrogens (tertiary/aromatic N) is 7. The molecule has 1 unspecified atom stereocenters. The molecule has 1 atom stereocenters. The Morgan fingerprint density at radius 3 is 2.79 bits per heavy atom. The lowest BCUT2D eigenvalue weighted by atomic mass is 10.2. The van der Waals surface area contributed by atoms with Gasteiger partial charge in [0.1, 0.15) is 23.7 Å². The molecule has 3 aromatic rings. The summed E-state index contributed by atoms with van der Waals surface area (Å²) in [6, 6.07) is 11.5. The van der Waals surface area contributed by atoms with Crippen LogP contribution in [0.15, 0.2) is 71.2 Å². The molecule has 3 heterocycles. The molecule has 1 aromatic heterocycles. The van der Waals surface area contributed by atoms with Crippen molar-refractivity contribution in [3.8, 4) is 5.75 Å². The number of benzene rings is 2. The lowest BCUT2D eigenvalue weighted by Crippen LogP contribution is -2.44. The van der Waals surface area contributed by atoms with Crippen LogP contribution >= 0.6 is 0 Å². The molecule has 2 aromatic carbocycles. The Labute approximate surface area is 220 Å². The summed E-state index contributed by atoms with van der Waals surface area (Å²) in [6.07, 6.45) is 4.01. The number of halogens is 1. The van der Waals surface area contributed by atoms with E-state index in [1.807, 2.05) is 18.2 Å². The fourth-order valence-corrected chi connectivity index (χ4v) is 4.59. The highest BCUT2D eigenvalue weighted by atomic mass is 19.1. The first kappa shape index (κ1) is 25.6. The number of hydrogen-bond donors (Lipinski definition) is 2. The van der Waals surface area contributed by atoms with Crippen LogP contribution < -0.4 is 20.4 Å². The number of fused-ring (bicyclic) bond motifs is 1. The molecular weight excluding hydrogens is 489 g/mol. The average Bonchev–Trinajstić information content (AvgIpc) is 3.30. The Morgan fingerprint density at radius 2 is 2.00 bits per heavy atom. The molecule has 12 heteroatoms. The van der Waals surface area contributed by atoms with Gasteiger partial charge in [0, 0.05) is 61.5 Å². The van der Waals surface area contributed by atoms with Crippen molar-refractivity contribution < 1.29 is 13.9 Å². The maximum absolute atomic E-state index is 13.9. The standard InChI is InChI=1S/C26H30FN9O2/c1-34-9-11-35(12-10-34)8-3-13-38-21-6-7-22-23(15-21)29-18-30-26(22)31-25-17-36(33-32-25,16-24(28)37)20-5-2-4-19(27)14-20/h2,4-7,14-15,17-18H,3,8-13,16H2,1H3,(H2-,28,29,30,31,37)/p+1. The molecule has 0 saturated carbocycles. The topological polar surface area (TPSA) is 121 Å². The highest BCUT2D eigenvalue weighted by Gasteiger charge is 2.38. The molecule has 198 valence electrons. The summed E-state index contributed by atoms with van der Waals surface area (Å²) in [6.45, 7) is 5.84. The second-order valence-electron chi connectivity index (χ2n) is 9.51. The number of likely N-dealkylation sites (N-methyl/N-ethyl adjacent to an activating group) is 1. The Morgan fingerprint density at radius 1 is 1.16 bits per heavy atom. The number of nitrogens with two attached hydrogens (primary N) is 1. The quantitative estimate of drug-likeness (QED) is 0.311. The number of piperazine rings is 1. The predicted molar refractivity (Wildman–Crippen MR) is 142 cm³/mol. The average molecular weight is 521 g/mol. The highest BCUT2D eigenvalue weighted by molar-refractivity contribution is 5.90. The van der Waals surface area contributed by atoms with Gasteiger partial charge in [-0.25, -0.2) is 14.4 Å². The lowest BCUT2D eigenvalue weighted by Gasteiger charge is -2.32. The van der Waals surface area contributed by atoms with Gasteiger partial charge in [0.25, 0.3) is 5.91 Å². The number of rotatable bonds is 10. The Balaban J connectivity index is 1.26. The molecule has 3 N–H and O–H groups in total. The van der Waals surface area contributed by atoms with Crippen LogP contribution in [0.1, 0.15) is 6.42 Å². The minimum Gasteiger partial charge on any atom is -0.493 e. The molecule has 2 aliphatic heterocycles. The Hall–Kier alpha value is -4.00. The SMILES string of the molecule is CN1CCN(CCCOc2ccc3c(NC4=C[N+](CC(N)=O)(c5cccc(F)c5)N=N4)ncnc3c2)CC1. The van der Waals surface area contributed by atoms with Gasteiger partial charge in [0.05, 0.1) is 12.1 Å². The lowest BCUT2D eigenvalue weighted by molar-refractivity contribution is -0.118. The van der Waals surface area contributed by atoms with Crippen LogP contribution in [0.5, 0.6) is 5.75 Å². The van der Waals surface area contributed by atoms with Crippen LogP contribution in [-0.2, 0) is 4.79 Å². The van der Waals surface area contributed by atoms with Crippen molar-refractivity contribution in [1.82, 2.24) is 24.4 Å². The number of aromatic nitrogens is 2. The van der Waals surface area contributed by atoms with Gasteiger partial charge in [0.2, 0.25) is 5.82 Å². The minimum atomic E-state index is -0.603. The summed E-state index contributed by atoms with van der Waals surface area (Å²) in [5, 5.41) is 12.3. The van der Waals surface area contributed by atoms with E-state index in [-0.39, 0.29) is 11.1 Å². The number of ether oxygens (including phenoxy) is 1. The molecular formula is C26H31FN9O2+. The van der Waals surface area contributed by atoms with Crippen LogP contribution in [-0.4, -0.2) is 78.6 Å².